The number of methoxy groups -OCH3 is 1. The Balaban J connectivity index is 2.31. The molecule has 0 saturated heterocycles. The number of hydrogen-bond acceptors (Lipinski definition) is 4. The van der Waals surface area contributed by atoms with Crippen LogP contribution in [0.5, 0.6) is 5.75 Å². The molecule has 0 fully saturated rings. The summed E-state index contributed by atoms with van der Waals surface area (Å²) in [5, 5.41) is 9.41. The van der Waals surface area contributed by atoms with Gasteiger partial charge >= 0.3 is 0 Å². The standard InChI is InChI=1S/C18H13NO3/c1-21-14-9-13(7-8-19)18-15(10-14)16(20)11-17(22-18)12-5-3-2-4-6-12/h2-6,9-11H,7H2,1H3. The van der Waals surface area contributed by atoms with Crippen LogP contribution in [0.15, 0.2) is 57.7 Å². The maximum atomic E-state index is 12.4. The third-order valence-electron chi connectivity index (χ3n) is 3.44. The first kappa shape index (κ1) is 13.9. The first-order valence-corrected chi connectivity index (χ1v) is 6.80. The van der Waals surface area contributed by atoms with Crippen LogP contribution in [-0.2, 0) is 6.42 Å². The molecular formula is C18H13NO3. The minimum atomic E-state index is -0.154. The lowest BCUT2D eigenvalue weighted by Gasteiger charge is -2.08. The largest absolute Gasteiger partial charge is 0.497 e. The fourth-order valence-electron chi connectivity index (χ4n) is 2.38. The zero-order valence-corrected chi connectivity index (χ0v) is 12.0. The summed E-state index contributed by atoms with van der Waals surface area (Å²) in [4.78, 5) is 12.4. The molecule has 0 unspecified atom stereocenters. The first-order chi connectivity index (χ1) is 10.7. The van der Waals surface area contributed by atoms with Gasteiger partial charge in [0.25, 0.3) is 0 Å². The number of rotatable bonds is 3. The van der Waals surface area contributed by atoms with Crippen molar-refractivity contribution < 1.29 is 9.15 Å². The summed E-state index contributed by atoms with van der Waals surface area (Å²) in [7, 11) is 1.53. The van der Waals surface area contributed by atoms with Crippen molar-refractivity contribution in [2.24, 2.45) is 0 Å². The second-order valence-electron chi connectivity index (χ2n) is 4.84. The molecule has 0 amide bonds. The summed E-state index contributed by atoms with van der Waals surface area (Å²) in [6.07, 6.45) is 0.148. The van der Waals surface area contributed by atoms with Crippen molar-refractivity contribution in [3.63, 3.8) is 0 Å². The smallest absolute Gasteiger partial charge is 0.193 e. The Morgan fingerprint density at radius 3 is 2.64 bits per heavy atom. The van der Waals surface area contributed by atoms with Crippen molar-refractivity contribution in [2.75, 3.05) is 7.11 Å². The number of fused-ring (bicyclic) bond motifs is 1. The Bertz CT molecular complexity index is 921. The van der Waals surface area contributed by atoms with E-state index in [0.717, 1.165) is 5.56 Å². The molecule has 0 aliphatic carbocycles. The van der Waals surface area contributed by atoms with Crippen LogP contribution in [0.2, 0.25) is 0 Å². The van der Waals surface area contributed by atoms with Crippen LogP contribution in [0.4, 0.5) is 0 Å². The lowest BCUT2D eigenvalue weighted by Crippen LogP contribution is -2.03. The monoisotopic (exact) mass is 291 g/mol. The number of nitriles is 1. The van der Waals surface area contributed by atoms with E-state index in [1.54, 1.807) is 12.1 Å². The van der Waals surface area contributed by atoms with E-state index in [0.29, 0.717) is 28.0 Å². The van der Waals surface area contributed by atoms with Crippen molar-refractivity contribution in [3.8, 4) is 23.1 Å². The summed E-state index contributed by atoms with van der Waals surface area (Å²) in [5.74, 6) is 1.03. The molecule has 2 aromatic carbocycles. The van der Waals surface area contributed by atoms with E-state index >= 15 is 0 Å². The van der Waals surface area contributed by atoms with Crippen molar-refractivity contribution in [2.45, 2.75) is 6.42 Å². The van der Waals surface area contributed by atoms with Gasteiger partial charge in [0.2, 0.25) is 0 Å². The maximum Gasteiger partial charge on any atom is 0.193 e. The fraction of sp³-hybridized carbons (Fsp3) is 0.111. The number of nitrogens with zero attached hydrogens (tertiary/aromatic N) is 1. The van der Waals surface area contributed by atoms with Crippen LogP contribution in [0.1, 0.15) is 5.56 Å². The molecule has 0 aliphatic heterocycles. The highest BCUT2D eigenvalue weighted by Gasteiger charge is 2.12. The predicted molar refractivity (Wildman–Crippen MR) is 83.8 cm³/mol. The lowest BCUT2D eigenvalue weighted by atomic mass is 10.1. The normalized spacial score (nSPS) is 10.4. The van der Waals surface area contributed by atoms with Crippen molar-refractivity contribution >= 4 is 11.0 Å². The number of ether oxygens (including phenoxy) is 1. The van der Waals surface area contributed by atoms with Gasteiger partial charge < -0.3 is 9.15 Å². The summed E-state index contributed by atoms with van der Waals surface area (Å²) < 4.78 is 11.1. The average Bonchev–Trinajstić information content (AvgIpc) is 2.56. The Morgan fingerprint density at radius 2 is 1.95 bits per heavy atom. The van der Waals surface area contributed by atoms with E-state index in [9.17, 15) is 4.79 Å². The van der Waals surface area contributed by atoms with Crippen LogP contribution in [0.25, 0.3) is 22.3 Å². The van der Waals surface area contributed by atoms with E-state index in [4.69, 9.17) is 14.4 Å². The molecule has 1 aromatic heterocycles. The van der Waals surface area contributed by atoms with E-state index in [-0.39, 0.29) is 11.8 Å². The number of hydrogen-bond donors (Lipinski definition) is 0. The molecule has 4 heteroatoms. The summed E-state index contributed by atoms with van der Waals surface area (Å²) in [5.41, 5.74) is 1.75. The van der Waals surface area contributed by atoms with Gasteiger partial charge in [-0.1, -0.05) is 30.3 Å². The quantitative estimate of drug-likeness (QED) is 0.740. The Morgan fingerprint density at radius 1 is 1.18 bits per heavy atom. The van der Waals surface area contributed by atoms with Crippen LogP contribution in [0, 0.1) is 11.3 Å². The Kier molecular flexibility index (Phi) is 3.63. The number of benzene rings is 2. The van der Waals surface area contributed by atoms with Gasteiger partial charge in [0, 0.05) is 17.2 Å². The van der Waals surface area contributed by atoms with Gasteiger partial charge in [0.05, 0.1) is 25.0 Å². The van der Waals surface area contributed by atoms with Gasteiger partial charge in [0.15, 0.2) is 5.43 Å². The summed E-state index contributed by atoms with van der Waals surface area (Å²) >= 11 is 0. The minimum absolute atomic E-state index is 0.148. The fourth-order valence-corrected chi connectivity index (χ4v) is 2.38. The molecule has 0 radical (unpaired) electrons. The van der Waals surface area contributed by atoms with Gasteiger partial charge in [-0.25, -0.2) is 0 Å². The molecule has 0 bridgehead atoms. The summed E-state index contributed by atoms with van der Waals surface area (Å²) in [6, 6.07) is 16.3. The molecular weight excluding hydrogens is 278 g/mol. The molecule has 0 aliphatic rings. The van der Waals surface area contributed by atoms with Gasteiger partial charge in [-0.2, -0.15) is 5.26 Å². The van der Waals surface area contributed by atoms with Crippen LogP contribution >= 0.6 is 0 Å². The topological polar surface area (TPSA) is 63.2 Å². The third-order valence-corrected chi connectivity index (χ3v) is 3.44. The molecule has 0 N–H and O–H groups in total. The van der Waals surface area contributed by atoms with Gasteiger partial charge in [-0.05, 0) is 12.1 Å². The third kappa shape index (κ3) is 2.45. The van der Waals surface area contributed by atoms with Crippen LogP contribution < -0.4 is 10.2 Å². The highest BCUT2D eigenvalue weighted by Crippen LogP contribution is 2.28. The van der Waals surface area contributed by atoms with Crippen LogP contribution in [-0.4, -0.2) is 7.11 Å². The highest BCUT2D eigenvalue weighted by molar-refractivity contribution is 5.83. The van der Waals surface area contributed by atoms with Crippen molar-refractivity contribution in [1.82, 2.24) is 0 Å². The summed E-state index contributed by atoms with van der Waals surface area (Å²) in [6.45, 7) is 0. The van der Waals surface area contributed by atoms with E-state index in [1.165, 1.54) is 13.2 Å². The Labute approximate surface area is 127 Å². The highest BCUT2D eigenvalue weighted by atomic mass is 16.5. The second-order valence-corrected chi connectivity index (χ2v) is 4.84. The zero-order valence-electron chi connectivity index (χ0n) is 12.0. The first-order valence-electron chi connectivity index (χ1n) is 6.80. The van der Waals surface area contributed by atoms with Gasteiger partial charge in [-0.3, -0.25) is 4.79 Å². The van der Waals surface area contributed by atoms with Gasteiger partial charge in [-0.15, -0.1) is 0 Å². The SMILES string of the molecule is COc1cc(CC#N)c2oc(-c3ccccc3)cc(=O)c2c1. The molecule has 108 valence electrons. The molecule has 22 heavy (non-hydrogen) atoms. The molecule has 0 atom stereocenters. The van der Waals surface area contributed by atoms with Crippen molar-refractivity contribution in [1.29, 1.82) is 5.26 Å². The average molecular weight is 291 g/mol. The van der Waals surface area contributed by atoms with Crippen molar-refractivity contribution in [3.05, 3.63) is 64.3 Å². The van der Waals surface area contributed by atoms with E-state index < -0.39 is 0 Å². The molecule has 4 nitrogen and oxygen atoms in total. The Hall–Kier alpha value is -3.06. The van der Waals surface area contributed by atoms with Gasteiger partial charge in [0.1, 0.15) is 17.1 Å². The predicted octanol–water partition coefficient (Wildman–Crippen LogP) is 3.53. The lowest BCUT2D eigenvalue weighted by molar-refractivity contribution is 0.414. The molecule has 0 saturated carbocycles. The van der Waals surface area contributed by atoms with Crippen LogP contribution in [0.3, 0.4) is 0 Å². The molecule has 3 rings (SSSR count). The van der Waals surface area contributed by atoms with E-state index in [2.05, 4.69) is 6.07 Å². The minimum Gasteiger partial charge on any atom is -0.497 e. The maximum absolute atomic E-state index is 12.4. The second kappa shape index (κ2) is 5.74. The molecule has 1 heterocycles. The van der Waals surface area contributed by atoms with E-state index in [1.807, 2.05) is 30.3 Å². The molecule has 3 aromatic rings. The molecule has 0 spiro atoms. The zero-order chi connectivity index (χ0) is 15.5.